The normalized spacial score (nSPS) is 39.7. The predicted molar refractivity (Wildman–Crippen MR) is 82.9 cm³/mol. The van der Waals surface area contributed by atoms with Gasteiger partial charge in [0, 0.05) is 11.7 Å². The third kappa shape index (κ3) is 2.63. The van der Waals surface area contributed by atoms with E-state index in [1.54, 1.807) is 0 Å². The largest absolute Gasteiger partial charge is 0.522 e. The van der Waals surface area contributed by atoms with Gasteiger partial charge in [0.25, 0.3) is 0 Å². The van der Waals surface area contributed by atoms with E-state index < -0.39 is 26.3 Å². The molecule has 7 heteroatoms. The average molecular weight is 339 g/mol. The summed E-state index contributed by atoms with van der Waals surface area (Å²) in [4.78, 5) is 14.4. The lowest BCUT2D eigenvalue weighted by Gasteiger charge is -2.61. The number of hydrogen-bond acceptors (Lipinski definition) is 4. The fourth-order valence-electron chi connectivity index (χ4n) is 5.80. The number of carboxylic acids is 1. The Morgan fingerprint density at radius 3 is 2.22 bits per heavy atom. The van der Waals surface area contributed by atoms with E-state index >= 15 is 0 Å². The molecular formula is C16H21NO5S. The minimum Gasteiger partial charge on any atom is -0.522 e. The van der Waals surface area contributed by atoms with Crippen LogP contribution in [0, 0.1) is 29.2 Å². The molecule has 4 aliphatic rings. The van der Waals surface area contributed by atoms with Crippen molar-refractivity contribution in [3.05, 3.63) is 22.2 Å². The molecule has 2 atom stereocenters. The number of rotatable bonds is 4. The molecule has 0 amide bonds. The summed E-state index contributed by atoms with van der Waals surface area (Å²) >= 11 is 0. The van der Waals surface area contributed by atoms with Crippen LogP contribution in [0.25, 0.3) is 4.85 Å². The number of carboxylic acid groups (broad SMARTS) is 1. The molecule has 2 N–H and O–H groups in total. The number of nitrogens with zero attached hydrogens (tertiary/aromatic N) is 1. The highest BCUT2D eigenvalue weighted by Crippen LogP contribution is 2.68. The Bertz CT molecular complexity index is 716. The zero-order chi connectivity index (χ0) is 17.0. The first-order chi connectivity index (χ1) is 10.6. The number of aliphatic carboxylic acids is 1. The van der Waals surface area contributed by atoms with Crippen molar-refractivity contribution < 1.29 is 23.4 Å². The summed E-state index contributed by atoms with van der Waals surface area (Å²) in [5.41, 5.74) is -1.10. The van der Waals surface area contributed by atoms with Crippen LogP contribution < -0.4 is 0 Å². The van der Waals surface area contributed by atoms with Crippen LogP contribution >= 0.6 is 0 Å². The lowest BCUT2D eigenvalue weighted by Crippen LogP contribution is -2.53. The molecule has 0 aromatic carbocycles. The van der Waals surface area contributed by atoms with Gasteiger partial charge in [-0.05, 0) is 55.8 Å². The summed E-state index contributed by atoms with van der Waals surface area (Å²) in [6.45, 7) is 7.15. The first-order valence-electron chi connectivity index (χ1n) is 7.82. The van der Waals surface area contributed by atoms with E-state index in [0.717, 1.165) is 25.5 Å². The summed E-state index contributed by atoms with van der Waals surface area (Å²) in [5, 5.41) is 19.4. The molecular weight excluding hydrogens is 318 g/mol. The summed E-state index contributed by atoms with van der Waals surface area (Å²) < 4.78 is 23.7. The number of aliphatic hydroxyl groups excluding tert-OH is 1. The minimum absolute atomic E-state index is 0.0568. The van der Waals surface area contributed by atoms with E-state index in [9.17, 15) is 23.4 Å². The third-order valence-electron chi connectivity index (χ3n) is 5.87. The molecule has 0 aliphatic heterocycles. The van der Waals surface area contributed by atoms with E-state index in [-0.39, 0.29) is 17.6 Å². The van der Waals surface area contributed by atoms with Crippen LogP contribution in [0.4, 0.5) is 0 Å². The quantitative estimate of drug-likeness (QED) is 0.606. The van der Waals surface area contributed by atoms with Crippen molar-refractivity contribution in [2.45, 2.75) is 44.9 Å². The number of allylic oxidation sites excluding steroid dienone is 1. The highest BCUT2D eigenvalue weighted by molar-refractivity contribution is 7.94. The molecule has 126 valence electrons. The van der Waals surface area contributed by atoms with Crippen molar-refractivity contribution in [1.82, 2.24) is 0 Å². The van der Waals surface area contributed by atoms with Crippen molar-refractivity contribution in [2.24, 2.45) is 22.7 Å². The maximum Gasteiger partial charge on any atom is 0.315 e. The van der Waals surface area contributed by atoms with Gasteiger partial charge in [0.15, 0.2) is 9.84 Å². The Morgan fingerprint density at radius 1 is 1.22 bits per heavy atom. The SMILES string of the molecule is [C-]#[N+]C(=C(O)C12CC3CC(CC(CC(=O)O)(C3)C1)C2)S(C)(=O)=O. The maximum atomic E-state index is 11.8. The van der Waals surface area contributed by atoms with E-state index in [0.29, 0.717) is 31.1 Å². The molecule has 4 fully saturated rings. The second-order valence-corrected chi connectivity index (χ2v) is 9.78. The van der Waals surface area contributed by atoms with Gasteiger partial charge in [-0.2, -0.15) is 0 Å². The summed E-state index contributed by atoms with van der Waals surface area (Å²) in [6.07, 6.45) is 5.46. The molecule has 0 radical (unpaired) electrons. The van der Waals surface area contributed by atoms with Crippen LogP contribution in [0.2, 0.25) is 0 Å². The summed E-state index contributed by atoms with van der Waals surface area (Å²) in [7, 11) is -3.79. The number of hydrogen-bond donors (Lipinski definition) is 2. The minimum atomic E-state index is -3.79. The average Bonchev–Trinajstić information content (AvgIpc) is 2.34. The monoisotopic (exact) mass is 339 g/mol. The van der Waals surface area contributed by atoms with Gasteiger partial charge in [0.05, 0.1) is 13.0 Å². The van der Waals surface area contributed by atoms with E-state index in [1.807, 2.05) is 0 Å². The Morgan fingerprint density at radius 2 is 1.78 bits per heavy atom. The zero-order valence-electron chi connectivity index (χ0n) is 13.1. The Hall–Kier alpha value is -1.55. The lowest BCUT2D eigenvalue weighted by atomic mass is 9.43. The third-order valence-corrected chi connectivity index (χ3v) is 6.85. The molecule has 0 aromatic heterocycles. The van der Waals surface area contributed by atoms with Crippen molar-refractivity contribution >= 4 is 15.8 Å². The second-order valence-electron chi connectivity index (χ2n) is 7.85. The van der Waals surface area contributed by atoms with Gasteiger partial charge in [0.2, 0.25) is 0 Å². The van der Waals surface area contributed by atoms with Crippen LogP contribution in [0.5, 0.6) is 0 Å². The van der Waals surface area contributed by atoms with Gasteiger partial charge in [-0.3, -0.25) is 4.79 Å². The second kappa shape index (κ2) is 4.97. The number of carbonyl (C=O) groups is 1. The summed E-state index contributed by atoms with van der Waals surface area (Å²) in [6, 6.07) is 0. The van der Waals surface area contributed by atoms with Gasteiger partial charge in [0.1, 0.15) is 5.76 Å². The van der Waals surface area contributed by atoms with Crippen LogP contribution in [-0.2, 0) is 14.6 Å². The van der Waals surface area contributed by atoms with Gasteiger partial charge in [-0.1, -0.05) is 0 Å². The molecule has 23 heavy (non-hydrogen) atoms. The number of sulfone groups is 1. The number of aliphatic hydroxyl groups is 1. The maximum absolute atomic E-state index is 11.8. The molecule has 0 heterocycles. The van der Waals surface area contributed by atoms with Crippen LogP contribution in [-0.4, -0.2) is 30.9 Å². The molecule has 6 nitrogen and oxygen atoms in total. The van der Waals surface area contributed by atoms with E-state index in [1.165, 1.54) is 0 Å². The van der Waals surface area contributed by atoms with Gasteiger partial charge in [-0.15, -0.1) is 0 Å². The zero-order valence-corrected chi connectivity index (χ0v) is 13.9. The molecule has 0 saturated heterocycles. The molecule has 4 saturated carbocycles. The Labute approximate surface area is 135 Å². The fourth-order valence-corrected chi connectivity index (χ4v) is 6.53. The van der Waals surface area contributed by atoms with Gasteiger partial charge in [-0.25, -0.2) is 13.3 Å². The highest BCUT2D eigenvalue weighted by Gasteiger charge is 2.60. The van der Waals surface area contributed by atoms with Crippen LogP contribution in [0.1, 0.15) is 44.9 Å². The molecule has 0 aromatic rings. The Kier molecular flexibility index (Phi) is 3.53. The first kappa shape index (κ1) is 16.3. The molecule has 0 spiro atoms. The summed E-state index contributed by atoms with van der Waals surface area (Å²) in [5.74, 6) is -0.550. The molecule has 4 bridgehead atoms. The molecule has 4 rings (SSSR count). The van der Waals surface area contributed by atoms with Crippen molar-refractivity contribution in [2.75, 3.05) is 6.26 Å². The van der Waals surface area contributed by atoms with Crippen LogP contribution in [0.15, 0.2) is 10.8 Å². The topological polar surface area (TPSA) is 96.0 Å². The highest BCUT2D eigenvalue weighted by atomic mass is 32.2. The van der Waals surface area contributed by atoms with E-state index in [4.69, 9.17) is 6.57 Å². The van der Waals surface area contributed by atoms with Gasteiger partial charge < -0.3 is 10.2 Å². The van der Waals surface area contributed by atoms with E-state index in [2.05, 4.69) is 4.85 Å². The van der Waals surface area contributed by atoms with Crippen LogP contribution in [0.3, 0.4) is 0 Å². The predicted octanol–water partition coefficient (Wildman–Crippen LogP) is 2.74. The van der Waals surface area contributed by atoms with Crippen molar-refractivity contribution in [1.29, 1.82) is 0 Å². The fraction of sp³-hybridized carbons (Fsp3) is 0.750. The van der Waals surface area contributed by atoms with Crippen molar-refractivity contribution in [3.63, 3.8) is 0 Å². The first-order valence-corrected chi connectivity index (χ1v) is 9.71. The van der Waals surface area contributed by atoms with Crippen molar-refractivity contribution in [3.8, 4) is 0 Å². The smallest absolute Gasteiger partial charge is 0.315 e. The Balaban J connectivity index is 2.07. The standard InChI is InChI=1S/C16H21NO5S/c1-17-14(23(2,21)22)13(20)16-6-10-3-11(7-16)5-15(4-10,9-16)8-12(18)19/h10-11,20H,3-9H2,2H3,(H,18,19). The van der Waals surface area contributed by atoms with Gasteiger partial charge >= 0.3 is 11.0 Å². The molecule has 2 unspecified atom stereocenters. The molecule has 4 aliphatic carbocycles. The lowest BCUT2D eigenvalue weighted by molar-refractivity contribution is -0.151.